The van der Waals surface area contributed by atoms with Gasteiger partial charge in [0.2, 0.25) is 0 Å². The molecule has 2 unspecified atom stereocenters. The maximum atomic E-state index is 12.6. The number of allylic oxidation sites excluding steroid dienone is 1. The van der Waals surface area contributed by atoms with E-state index in [1.54, 1.807) is 12.5 Å². The van der Waals surface area contributed by atoms with Crippen molar-refractivity contribution in [1.29, 1.82) is 0 Å². The summed E-state index contributed by atoms with van der Waals surface area (Å²) in [5.41, 5.74) is 5.40. The average molecular weight is 321 g/mol. The molecule has 0 amide bonds. The van der Waals surface area contributed by atoms with Gasteiger partial charge in [0, 0.05) is 0 Å². The Morgan fingerprint density at radius 1 is 1.27 bits per heavy atom. The largest absolute Gasteiger partial charge is 0.469 e. The molecule has 118 valence electrons. The molecule has 2 heterocycles. The van der Waals surface area contributed by atoms with Crippen molar-refractivity contribution < 1.29 is 9.53 Å². The second-order valence-corrected chi connectivity index (χ2v) is 5.40. The molecular formula is C17H21ClN2O2. The molecule has 0 saturated carbocycles. The van der Waals surface area contributed by atoms with Crippen LogP contribution in [0.5, 0.6) is 0 Å². The number of hydrazine groups is 1. The van der Waals surface area contributed by atoms with Crippen LogP contribution in [0.4, 0.5) is 0 Å². The quantitative estimate of drug-likeness (QED) is 0.925. The summed E-state index contributed by atoms with van der Waals surface area (Å²) in [7, 11) is 0. The fourth-order valence-electron chi connectivity index (χ4n) is 2.87. The zero-order valence-electron chi connectivity index (χ0n) is 12.6. The summed E-state index contributed by atoms with van der Waals surface area (Å²) in [4.78, 5) is 12.6. The molecular weight excluding hydrogens is 300 g/mol. The number of carbonyl (C=O) groups excluding carboxylic acids is 1. The fourth-order valence-corrected chi connectivity index (χ4v) is 2.87. The first-order valence-corrected chi connectivity index (χ1v) is 7.45. The molecule has 0 radical (unpaired) electrons. The van der Waals surface area contributed by atoms with Gasteiger partial charge in [-0.3, -0.25) is 9.80 Å². The molecule has 1 fully saturated rings. The Labute approximate surface area is 137 Å². The van der Waals surface area contributed by atoms with Crippen molar-refractivity contribution in [3.63, 3.8) is 0 Å². The van der Waals surface area contributed by atoms with Crippen LogP contribution >= 0.6 is 12.4 Å². The molecule has 0 aliphatic carbocycles. The molecule has 2 atom stereocenters. The summed E-state index contributed by atoms with van der Waals surface area (Å²) in [5.74, 6) is 0.149. The summed E-state index contributed by atoms with van der Waals surface area (Å²) in [6, 6.07) is 10.2. The maximum absolute atomic E-state index is 12.6. The first-order valence-electron chi connectivity index (χ1n) is 7.45. The van der Waals surface area contributed by atoms with Gasteiger partial charge < -0.3 is 4.74 Å². The zero-order chi connectivity index (χ0) is 14.7. The Balaban J connectivity index is 0.00000176. The molecule has 4 nitrogen and oxygen atoms in total. The monoisotopic (exact) mass is 320 g/mol. The average Bonchev–Trinajstić information content (AvgIpc) is 2.54. The van der Waals surface area contributed by atoms with E-state index < -0.39 is 0 Å². The van der Waals surface area contributed by atoms with Gasteiger partial charge in [-0.2, -0.15) is 0 Å². The van der Waals surface area contributed by atoms with Crippen molar-refractivity contribution >= 4 is 18.2 Å². The lowest BCUT2D eigenvalue weighted by atomic mass is 9.86. The number of hydrogen-bond acceptors (Lipinski definition) is 4. The molecule has 0 aromatic heterocycles. The van der Waals surface area contributed by atoms with Crippen molar-refractivity contribution in [2.24, 2.45) is 5.92 Å². The van der Waals surface area contributed by atoms with Gasteiger partial charge in [-0.05, 0) is 24.8 Å². The number of Topliss-reactive ketones (excluding diaryl/α,β-unsaturated/α-hetero) is 1. The standard InChI is InChI=1S/C17H20N2O2.ClH/c1-2-15-17(20)14(9-8-13-6-4-3-5-7-13)16-12-21-11-10-19(16)18-15;/h3-7,10-12,14-15,18H,2,8-9H2,1H3;1H. The van der Waals surface area contributed by atoms with E-state index in [0.29, 0.717) is 0 Å². The highest BCUT2D eigenvalue weighted by atomic mass is 35.5. The smallest absolute Gasteiger partial charge is 0.160 e. The van der Waals surface area contributed by atoms with E-state index in [0.717, 1.165) is 25.0 Å². The highest BCUT2D eigenvalue weighted by Gasteiger charge is 2.37. The molecule has 0 spiro atoms. The number of ether oxygens (including phenoxy) is 1. The minimum absolute atomic E-state index is 0. The third-order valence-corrected chi connectivity index (χ3v) is 4.07. The van der Waals surface area contributed by atoms with Crippen LogP contribution in [0.1, 0.15) is 25.3 Å². The van der Waals surface area contributed by atoms with Crippen molar-refractivity contribution in [1.82, 2.24) is 10.4 Å². The lowest BCUT2D eigenvalue weighted by Crippen LogP contribution is -2.55. The Kier molecular flexibility index (Phi) is 5.63. The number of ketones is 1. The molecule has 22 heavy (non-hydrogen) atoms. The number of aryl methyl sites for hydroxylation is 1. The number of rotatable bonds is 4. The van der Waals surface area contributed by atoms with Gasteiger partial charge in [0.1, 0.15) is 12.5 Å². The van der Waals surface area contributed by atoms with Gasteiger partial charge in [-0.15, -0.1) is 12.4 Å². The predicted octanol–water partition coefficient (Wildman–Crippen LogP) is 3.17. The number of halogens is 1. The Morgan fingerprint density at radius 3 is 2.77 bits per heavy atom. The van der Waals surface area contributed by atoms with Gasteiger partial charge in [-0.25, -0.2) is 5.43 Å². The van der Waals surface area contributed by atoms with Crippen LogP contribution in [0, 0.1) is 5.92 Å². The Hall–Kier alpha value is -1.78. The van der Waals surface area contributed by atoms with Crippen molar-refractivity contribution in [2.75, 3.05) is 0 Å². The zero-order valence-corrected chi connectivity index (χ0v) is 13.4. The van der Waals surface area contributed by atoms with E-state index in [1.165, 1.54) is 5.56 Å². The highest BCUT2D eigenvalue weighted by molar-refractivity contribution is 5.89. The summed E-state index contributed by atoms with van der Waals surface area (Å²) in [5, 5.41) is 1.93. The fraction of sp³-hybridized carbons (Fsp3) is 0.353. The van der Waals surface area contributed by atoms with Crippen LogP contribution in [-0.4, -0.2) is 16.8 Å². The van der Waals surface area contributed by atoms with Gasteiger partial charge >= 0.3 is 0 Å². The second-order valence-electron chi connectivity index (χ2n) is 5.40. The third-order valence-electron chi connectivity index (χ3n) is 4.07. The summed E-state index contributed by atoms with van der Waals surface area (Å²) in [6.45, 7) is 2.03. The first-order chi connectivity index (χ1) is 10.3. The van der Waals surface area contributed by atoms with E-state index in [1.807, 2.05) is 36.3 Å². The second kappa shape index (κ2) is 7.47. The molecule has 0 bridgehead atoms. The highest BCUT2D eigenvalue weighted by Crippen LogP contribution is 2.29. The summed E-state index contributed by atoms with van der Waals surface area (Å²) in [6.07, 6.45) is 7.61. The van der Waals surface area contributed by atoms with Crippen molar-refractivity contribution in [3.8, 4) is 0 Å². The number of nitrogens with zero attached hydrogens (tertiary/aromatic N) is 1. The van der Waals surface area contributed by atoms with Crippen LogP contribution in [0.15, 0.2) is 54.8 Å². The van der Waals surface area contributed by atoms with Crippen molar-refractivity contribution in [2.45, 2.75) is 32.2 Å². The van der Waals surface area contributed by atoms with Crippen LogP contribution < -0.4 is 5.43 Å². The maximum Gasteiger partial charge on any atom is 0.160 e. The molecule has 5 heteroatoms. The van der Waals surface area contributed by atoms with Crippen LogP contribution in [-0.2, 0) is 16.0 Å². The molecule has 3 rings (SSSR count). The molecule has 1 aromatic carbocycles. The normalized spacial score (nSPS) is 23.2. The summed E-state index contributed by atoms with van der Waals surface area (Å²) >= 11 is 0. The van der Waals surface area contributed by atoms with E-state index in [4.69, 9.17) is 4.74 Å². The SMILES string of the molecule is CCC1NN2C=COC=C2C(CCc2ccccc2)C1=O.Cl. The topological polar surface area (TPSA) is 41.6 Å². The number of hydrogen-bond donors (Lipinski definition) is 1. The van der Waals surface area contributed by atoms with Gasteiger partial charge in [0.15, 0.2) is 5.78 Å². The molecule has 1 aromatic rings. The Morgan fingerprint density at radius 2 is 2.05 bits per heavy atom. The number of nitrogens with one attached hydrogen (secondary N) is 1. The lowest BCUT2D eigenvalue weighted by Gasteiger charge is -2.39. The molecule has 2 aliphatic rings. The number of carbonyl (C=O) groups is 1. The Bertz CT molecular complexity index is 571. The first kappa shape index (κ1) is 16.6. The van der Waals surface area contributed by atoms with E-state index in [9.17, 15) is 4.79 Å². The molecule has 1 N–H and O–H groups in total. The van der Waals surface area contributed by atoms with Crippen molar-refractivity contribution in [3.05, 3.63) is 60.3 Å². The number of fused-ring (bicyclic) bond motifs is 1. The van der Waals surface area contributed by atoms with E-state index in [2.05, 4.69) is 17.6 Å². The lowest BCUT2D eigenvalue weighted by molar-refractivity contribution is -0.128. The summed E-state index contributed by atoms with van der Waals surface area (Å²) < 4.78 is 5.26. The van der Waals surface area contributed by atoms with Crippen LogP contribution in [0.3, 0.4) is 0 Å². The van der Waals surface area contributed by atoms with E-state index in [-0.39, 0.29) is 30.2 Å². The predicted molar refractivity (Wildman–Crippen MR) is 87.9 cm³/mol. The van der Waals surface area contributed by atoms with Crippen LogP contribution in [0.2, 0.25) is 0 Å². The minimum atomic E-state index is -0.120. The number of benzene rings is 1. The van der Waals surface area contributed by atoms with E-state index >= 15 is 0 Å². The van der Waals surface area contributed by atoms with Gasteiger partial charge in [-0.1, -0.05) is 37.3 Å². The molecule has 2 aliphatic heterocycles. The van der Waals surface area contributed by atoms with Crippen LogP contribution in [0.25, 0.3) is 0 Å². The third kappa shape index (κ3) is 3.34. The van der Waals surface area contributed by atoms with Gasteiger partial charge in [0.05, 0.1) is 23.9 Å². The minimum Gasteiger partial charge on any atom is -0.469 e. The molecule has 1 saturated heterocycles. The van der Waals surface area contributed by atoms with Gasteiger partial charge in [0.25, 0.3) is 0 Å².